The van der Waals surface area contributed by atoms with Gasteiger partial charge in [-0.05, 0) is 30.7 Å². The van der Waals surface area contributed by atoms with Crippen molar-refractivity contribution in [3.8, 4) is 17.2 Å². The van der Waals surface area contributed by atoms with E-state index in [2.05, 4.69) is 19.2 Å². The molecule has 0 bridgehead atoms. The van der Waals surface area contributed by atoms with Crippen molar-refractivity contribution in [2.24, 2.45) is 0 Å². The molecule has 1 unspecified atom stereocenters. The zero-order valence-corrected chi connectivity index (χ0v) is 13.7. The van der Waals surface area contributed by atoms with Gasteiger partial charge in [-0.3, -0.25) is 0 Å². The van der Waals surface area contributed by atoms with Gasteiger partial charge in [0.15, 0.2) is 11.5 Å². The number of hydrogen-bond acceptors (Lipinski definition) is 5. The molecule has 1 aromatic carbocycles. The Bertz CT molecular complexity index is 398. The van der Waals surface area contributed by atoms with Crippen LogP contribution in [0, 0.1) is 0 Å². The largest absolute Gasteiger partial charge is 0.493 e. The van der Waals surface area contributed by atoms with Crippen molar-refractivity contribution in [1.82, 2.24) is 5.32 Å². The molecule has 5 heteroatoms. The predicted molar refractivity (Wildman–Crippen MR) is 83.6 cm³/mol. The SMILES string of the molecule is CCCOCC(NCC)c1cc(OC)c(OC)c(OC)c1. The molecule has 0 heterocycles. The Morgan fingerprint density at radius 1 is 1.00 bits per heavy atom. The lowest BCUT2D eigenvalue weighted by Crippen LogP contribution is -2.25. The molecule has 0 radical (unpaired) electrons. The van der Waals surface area contributed by atoms with Crippen molar-refractivity contribution in [1.29, 1.82) is 0 Å². The van der Waals surface area contributed by atoms with Gasteiger partial charge in [-0.15, -0.1) is 0 Å². The van der Waals surface area contributed by atoms with Crippen LogP contribution in [-0.4, -0.2) is 41.1 Å². The summed E-state index contributed by atoms with van der Waals surface area (Å²) in [6.45, 7) is 6.40. The third kappa shape index (κ3) is 4.79. The van der Waals surface area contributed by atoms with Crippen LogP contribution in [0.2, 0.25) is 0 Å². The van der Waals surface area contributed by atoms with Crippen LogP contribution in [0.1, 0.15) is 31.9 Å². The van der Waals surface area contributed by atoms with Gasteiger partial charge in [0.05, 0.1) is 34.0 Å². The van der Waals surface area contributed by atoms with Crippen molar-refractivity contribution in [2.45, 2.75) is 26.3 Å². The Morgan fingerprint density at radius 3 is 2.05 bits per heavy atom. The first kappa shape index (κ1) is 17.6. The second kappa shape index (κ2) is 9.47. The summed E-state index contributed by atoms with van der Waals surface area (Å²) in [5.74, 6) is 1.92. The molecule has 120 valence electrons. The number of rotatable bonds is 10. The van der Waals surface area contributed by atoms with Gasteiger partial charge in [0, 0.05) is 6.61 Å². The summed E-state index contributed by atoms with van der Waals surface area (Å²) >= 11 is 0. The van der Waals surface area contributed by atoms with Crippen molar-refractivity contribution >= 4 is 0 Å². The molecule has 1 atom stereocenters. The second-order valence-corrected chi connectivity index (χ2v) is 4.64. The predicted octanol–water partition coefficient (Wildman–Crippen LogP) is 2.79. The molecule has 1 aromatic rings. The smallest absolute Gasteiger partial charge is 0.203 e. The molecular weight excluding hydrogens is 270 g/mol. The Balaban J connectivity index is 3.06. The summed E-state index contributed by atoms with van der Waals surface area (Å²) in [6, 6.07) is 4.02. The lowest BCUT2D eigenvalue weighted by molar-refractivity contribution is 0.112. The van der Waals surface area contributed by atoms with E-state index in [1.54, 1.807) is 21.3 Å². The molecule has 21 heavy (non-hydrogen) atoms. The lowest BCUT2D eigenvalue weighted by Gasteiger charge is -2.21. The van der Waals surface area contributed by atoms with Crippen LogP contribution < -0.4 is 19.5 Å². The van der Waals surface area contributed by atoms with Crippen LogP contribution in [0.25, 0.3) is 0 Å². The first-order chi connectivity index (χ1) is 10.2. The summed E-state index contributed by atoms with van der Waals surface area (Å²) in [6.07, 6.45) is 1.01. The van der Waals surface area contributed by atoms with E-state index >= 15 is 0 Å². The molecule has 0 saturated heterocycles. The van der Waals surface area contributed by atoms with Crippen molar-refractivity contribution in [3.05, 3.63) is 17.7 Å². The number of benzene rings is 1. The van der Waals surface area contributed by atoms with E-state index in [0.717, 1.165) is 25.1 Å². The van der Waals surface area contributed by atoms with Crippen LogP contribution in [0.5, 0.6) is 17.2 Å². The van der Waals surface area contributed by atoms with Gasteiger partial charge in [-0.1, -0.05) is 13.8 Å². The normalized spacial score (nSPS) is 12.0. The van der Waals surface area contributed by atoms with E-state index < -0.39 is 0 Å². The maximum absolute atomic E-state index is 5.68. The highest BCUT2D eigenvalue weighted by molar-refractivity contribution is 5.54. The molecule has 0 aromatic heterocycles. The van der Waals surface area contributed by atoms with E-state index in [4.69, 9.17) is 18.9 Å². The summed E-state index contributed by atoms with van der Waals surface area (Å²) < 4.78 is 21.8. The van der Waals surface area contributed by atoms with Gasteiger partial charge < -0.3 is 24.3 Å². The molecule has 1 rings (SSSR count). The van der Waals surface area contributed by atoms with E-state index in [0.29, 0.717) is 23.9 Å². The highest BCUT2D eigenvalue weighted by Crippen LogP contribution is 2.39. The average Bonchev–Trinajstić information content (AvgIpc) is 2.52. The van der Waals surface area contributed by atoms with Crippen molar-refractivity contribution < 1.29 is 18.9 Å². The first-order valence-corrected chi connectivity index (χ1v) is 7.32. The van der Waals surface area contributed by atoms with E-state index in [-0.39, 0.29) is 6.04 Å². The van der Waals surface area contributed by atoms with Gasteiger partial charge in [0.2, 0.25) is 5.75 Å². The fourth-order valence-electron chi connectivity index (χ4n) is 2.17. The van der Waals surface area contributed by atoms with E-state index in [1.807, 2.05) is 12.1 Å². The molecule has 0 aliphatic heterocycles. The fraction of sp³-hybridized carbons (Fsp3) is 0.625. The summed E-state index contributed by atoms with van der Waals surface area (Å²) in [7, 11) is 4.85. The standard InChI is InChI=1S/C16H27NO4/c1-6-8-21-11-13(17-7-2)12-9-14(18-3)16(20-5)15(10-12)19-4/h9-10,13,17H,6-8,11H2,1-5H3. The Labute approximate surface area is 127 Å². The van der Waals surface area contributed by atoms with Crippen LogP contribution in [0.3, 0.4) is 0 Å². The molecule has 0 spiro atoms. The quantitative estimate of drug-likeness (QED) is 0.673. The van der Waals surface area contributed by atoms with E-state index in [9.17, 15) is 0 Å². The number of ether oxygens (including phenoxy) is 4. The molecule has 0 aliphatic carbocycles. The van der Waals surface area contributed by atoms with Crippen molar-refractivity contribution in [2.75, 3.05) is 41.1 Å². The highest BCUT2D eigenvalue weighted by atomic mass is 16.5. The molecule has 0 aliphatic rings. The maximum Gasteiger partial charge on any atom is 0.203 e. The van der Waals surface area contributed by atoms with Crippen molar-refractivity contribution in [3.63, 3.8) is 0 Å². The van der Waals surface area contributed by atoms with E-state index in [1.165, 1.54) is 0 Å². The number of methoxy groups -OCH3 is 3. The topological polar surface area (TPSA) is 49.0 Å². The fourth-order valence-corrected chi connectivity index (χ4v) is 2.17. The summed E-state index contributed by atoms with van der Waals surface area (Å²) in [5, 5.41) is 3.42. The van der Waals surface area contributed by atoms with Gasteiger partial charge in [0.25, 0.3) is 0 Å². The minimum atomic E-state index is 0.0928. The van der Waals surface area contributed by atoms with Gasteiger partial charge in [-0.2, -0.15) is 0 Å². The number of hydrogen-bond donors (Lipinski definition) is 1. The Morgan fingerprint density at radius 2 is 1.62 bits per heavy atom. The van der Waals surface area contributed by atoms with Crippen LogP contribution >= 0.6 is 0 Å². The lowest BCUT2D eigenvalue weighted by atomic mass is 10.1. The zero-order valence-electron chi connectivity index (χ0n) is 13.7. The Kier molecular flexibility index (Phi) is 7.93. The number of likely N-dealkylation sites (N-methyl/N-ethyl adjacent to an activating group) is 1. The summed E-state index contributed by atoms with van der Waals surface area (Å²) in [4.78, 5) is 0. The minimum absolute atomic E-state index is 0.0928. The first-order valence-electron chi connectivity index (χ1n) is 7.32. The number of nitrogens with one attached hydrogen (secondary N) is 1. The second-order valence-electron chi connectivity index (χ2n) is 4.64. The van der Waals surface area contributed by atoms with Crippen LogP contribution in [0.4, 0.5) is 0 Å². The monoisotopic (exact) mass is 297 g/mol. The average molecular weight is 297 g/mol. The van der Waals surface area contributed by atoms with Gasteiger partial charge in [-0.25, -0.2) is 0 Å². The molecule has 0 saturated carbocycles. The summed E-state index contributed by atoms with van der Waals surface area (Å²) in [5.41, 5.74) is 1.06. The molecular formula is C16H27NO4. The third-order valence-electron chi connectivity index (χ3n) is 3.17. The highest BCUT2D eigenvalue weighted by Gasteiger charge is 2.18. The molecule has 1 N–H and O–H groups in total. The zero-order chi connectivity index (χ0) is 15.7. The Hall–Kier alpha value is -1.46. The molecule has 5 nitrogen and oxygen atoms in total. The van der Waals surface area contributed by atoms with Crippen LogP contribution in [-0.2, 0) is 4.74 Å². The third-order valence-corrected chi connectivity index (χ3v) is 3.17. The van der Waals surface area contributed by atoms with Gasteiger partial charge in [0.1, 0.15) is 0 Å². The molecule has 0 amide bonds. The van der Waals surface area contributed by atoms with Gasteiger partial charge >= 0.3 is 0 Å². The minimum Gasteiger partial charge on any atom is -0.493 e. The van der Waals surface area contributed by atoms with Crippen LogP contribution in [0.15, 0.2) is 12.1 Å². The maximum atomic E-state index is 5.68. The molecule has 0 fully saturated rings.